The summed E-state index contributed by atoms with van der Waals surface area (Å²) in [5.41, 5.74) is 0. The summed E-state index contributed by atoms with van der Waals surface area (Å²) in [7, 11) is 0. The zero-order valence-electron chi connectivity index (χ0n) is 11.2. The summed E-state index contributed by atoms with van der Waals surface area (Å²) in [5, 5.41) is 3.26. The van der Waals surface area contributed by atoms with Crippen molar-refractivity contribution in [2.75, 3.05) is 31.6 Å². The molecule has 1 N–H and O–H groups in total. The van der Waals surface area contributed by atoms with Crippen LogP contribution in [-0.4, -0.2) is 48.5 Å². The zero-order valence-corrected chi connectivity index (χ0v) is 12.0. The van der Waals surface area contributed by atoms with Crippen LogP contribution in [0, 0.1) is 0 Å². The fraction of sp³-hybridized carbons (Fsp3) is 0.923. The molecule has 0 bridgehead atoms. The summed E-state index contributed by atoms with van der Waals surface area (Å²) < 4.78 is 0. The third kappa shape index (κ3) is 6.32. The number of nitrogens with one attached hydrogen (secondary N) is 1. The first kappa shape index (κ1) is 14.8. The number of thioether (sulfide) groups is 1. The van der Waals surface area contributed by atoms with Crippen molar-refractivity contribution >= 4 is 17.7 Å². The molecular formula is C13H26N2OS. The van der Waals surface area contributed by atoms with Crippen LogP contribution in [0.1, 0.15) is 39.0 Å². The van der Waals surface area contributed by atoms with Gasteiger partial charge in [0.25, 0.3) is 0 Å². The summed E-state index contributed by atoms with van der Waals surface area (Å²) in [6, 6.07) is 0.552. The van der Waals surface area contributed by atoms with Gasteiger partial charge in [0, 0.05) is 12.6 Å². The molecule has 0 heterocycles. The van der Waals surface area contributed by atoms with Crippen molar-refractivity contribution in [3.63, 3.8) is 0 Å². The first-order valence-electron chi connectivity index (χ1n) is 6.78. The summed E-state index contributed by atoms with van der Waals surface area (Å²) in [6.45, 7) is 4.42. The summed E-state index contributed by atoms with van der Waals surface area (Å²) in [4.78, 5) is 13.9. The zero-order chi connectivity index (χ0) is 12.5. The Hall–Kier alpha value is -0.220. The van der Waals surface area contributed by atoms with Gasteiger partial charge in [0.15, 0.2) is 0 Å². The number of hydrogen-bond acceptors (Lipinski definition) is 3. The molecule has 0 atom stereocenters. The molecule has 0 radical (unpaired) electrons. The second-order valence-corrected chi connectivity index (χ2v) is 5.63. The summed E-state index contributed by atoms with van der Waals surface area (Å²) >= 11 is 1.91. The number of hydrogen-bond donors (Lipinski definition) is 1. The third-order valence-electron chi connectivity index (χ3n) is 3.13. The maximum Gasteiger partial charge on any atom is 0.236 e. The second-order valence-electron chi connectivity index (χ2n) is 4.64. The molecule has 0 aromatic rings. The SMILES string of the molecule is CCN(C(=O)CNCCCCCSC)C1CC1. The lowest BCUT2D eigenvalue weighted by Crippen LogP contribution is -2.39. The van der Waals surface area contributed by atoms with Gasteiger partial charge in [0.2, 0.25) is 5.91 Å². The van der Waals surface area contributed by atoms with E-state index in [1.165, 1.54) is 37.9 Å². The molecule has 17 heavy (non-hydrogen) atoms. The first-order valence-corrected chi connectivity index (χ1v) is 8.18. The normalized spacial score (nSPS) is 14.9. The number of amides is 1. The molecule has 100 valence electrons. The van der Waals surface area contributed by atoms with E-state index in [1.54, 1.807) is 0 Å². The smallest absolute Gasteiger partial charge is 0.236 e. The maximum absolute atomic E-state index is 11.9. The van der Waals surface area contributed by atoms with E-state index in [-0.39, 0.29) is 5.91 Å². The van der Waals surface area contributed by atoms with Crippen LogP contribution >= 0.6 is 11.8 Å². The van der Waals surface area contributed by atoms with Gasteiger partial charge in [-0.25, -0.2) is 0 Å². The Morgan fingerprint density at radius 1 is 1.35 bits per heavy atom. The van der Waals surface area contributed by atoms with Crippen LogP contribution in [0.2, 0.25) is 0 Å². The van der Waals surface area contributed by atoms with Crippen LogP contribution in [0.25, 0.3) is 0 Å². The van der Waals surface area contributed by atoms with E-state index in [0.29, 0.717) is 12.6 Å². The summed E-state index contributed by atoms with van der Waals surface area (Å²) in [6.07, 6.45) is 8.29. The Bertz CT molecular complexity index is 219. The van der Waals surface area contributed by atoms with E-state index < -0.39 is 0 Å². The Morgan fingerprint density at radius 3 is 2.71 bits per heavy atom. The molecule has 1 saturated carbocycles. The molecule has 1 rings (SSSR count). The molecule has 1 aliphatic carbocycles. The van der Waals surface area contributed by atoms with E-state index >= 15 is 0 Å². The fourth-order valence-electron chi connectivity index (χ4n) is 1.99. The largest absolute Gasteiger partial charge is 0.339 e. The molecule has 1 fully saturated rings. The number of carbonyl (C=O) groups excluding carboxylic acids is 1. The lowest BCUT2D eigenvalue weighted by atomic mass is 10.2. The van der Waals surface area contributed by atoms with Gasteiger partial charge in [-0.2, -0.15) is 11.8 Å². The van der Waals surface area contributed by atoms with E-state index in [0.717, 1.165) is 13.1 Å². The Balaban J connectivity index is 1.96. The molecule has 0 spiro atoms. The highest BCUT2D eigenvalue weighted by molar-refractivity contribution is 7.98. The van der Waals surface area contributed by atoms with Crippen LogP contribution in [0.4, 0.5) is 0 Å². The monoisotopic (exact) mass is 258 g/mol. The van der Waals surface area contributed by atoms with Gasteiger partial charge in [-0.15, -0.1) is 0 Å². The van der Waals surface area contributed by atoms with Crippen LogP contribution in [-0.2, 0) is 4.79 Å². The molecule has 0 saturated heterocycles. The van der Waals surface area contributed by atoms with E-state index in [1.807, 2.05) is 16.7 Å². The van der Waals surface area contributed by atoms with Gasteiger partial charge in [-0.05, 0) is 51.2 Å². The van der Waals surface area contributed by atoms with Crippen molar-refractivity contribution in [3.05, 3.63) is 0 Å². The molecule has 3 nitrogen and oxygen atoms in total. The van der Waals surface area contributed by atoms with Crippen molar-refractivity contribution < 1.29 is 4.79 Å². The van der Waals surface area contributed by atoms with Crippen molar-refractivity contribution in [1.29, 1.82) is 0 Å². The highest BCUT2D eigenvalue weighted by atomic mass is 32.2. The fourth-order valence-corrected chi connectivity index (χ4v) is 2.49. The minimum absolute atomic E-state index is 0.277. The van der Waals surface area contributed by atoms with E-state index in [2.05, 4.69) is 18.5 Å². The number of likely N-dealkylation sites (N-methyl/N-ethyl adjacent to an activating group) is 1. The molecule has 4 heteroatoms. The average molecular weight is 258 g/mol. The molecule has 1 aliphatic rings. The van der Waals surface area contributed by atoms with Crippen LogP contribution in [0.15, 0.2) is 0 Å². The minimum atomic E-state index is 0.277. The molecule has 0 aromatic carbocycles. The number of unbranched alkanes of at least 4 members (excludes halogenated alkanes) is 2. The average Bonchev–Trinajstić information content (AvgIpc) is 3.13. The van der Waals surface area contributed by atoms with Crippen molar-refractivity contribution in [1.82, 2.24) is 10.2 Å². The van der Waals surface area contributed by atoms with Gasteiger partial charge in [0.05, 0.1) is 6.54 Å². The predicted molar refractivity (Wildman–Crippen MR) is 75.5 cm³/mol. The lowest BCUT2D eigenvalue weighted by Gasteiger charge is -2.20. The number of nitrogens with zero attached hydrogens (tertiary/aromatic N) is 1. The highest BCUT2D eigenvalue weighted by Gasteiger charge is 2.30. The maximum atomic E-state index is 11.9. The minimum Gasteiger partial charge on any atom is -0.339 e. The van der Waals surface area contributed by atoms with Crippen LogP contribution in [0.3, 0.4) is 0 Å². The van der Waals surface area contributed by atoms with Gasteiger partial charge < -0.3 is 10.2 Å². The van der Waals surface area contributed by atoms with Crippen molar-refractivity contribution in [2.45, 2.75) is 45.1 Å². The number of carbonyl (C=O) groups is 1. The Kier molecular flexibility index (Phi) is 7.69. The molecular weight excluding hydrogens is 232 g/mol. The van der Waals surface area contributed by atoms with Crippen molar-refractivity contribution in [3.8, 4) is 0 Å². The van der Waals surface area contributed by atoms with Gasteiger partial charge >= 0.3 is 0 Å². The van der Waals surface area contributed by atoms with Crippen LogP contribution in [0.5, 0.6) is 0 Å². The van der Waals surface area contributed by atoms with E-state index in [4.69, 9.17) is 0 Å². The van der Waals surface area contributed by atoms with Gasteiger partial charge in [-0.1, -0.05) is 6.42 Å². The quantitative estimate of drug-likeness (QED) is 0.609. The molecule has 1 amide bonds. The number of rotatable bonds is 10. The summed E-state index contributed by atoms with van der Waals surface area (Å²) in [5.74, 6) is 1.53. The van der Waals surface area contributed by atoms with E-state index in [9.17, 15) is 4.79 Å². The topological polar surface area (TPSA) is 32.3 Å². The molecule has 0 unspecified atom stereocenters. The third-order valence-corrected chi connectivity index (χ3v) is 3.82. The van der Waals surface area contributed by atoms with Crippen molar-refractivity contribution in [2.24, 2.45) is 0 Å². The standard InChI is InChI=1S/C13H26N2OS/c1-3-15(12-7-8-12)13(16)11-14-9-5-4-6-10-17-2/h12,14H,3-11H2,1-2H3. The lowest BCUT2D eigenvalue weighted by molar-refractivity contribution is -0.130. The highest BCUT2D eigenvalue weighted by Crippen LogP contribution is 2.26. The Labute approximate surface area is 110 Å². The first-order chi connectivity index (χ1) is 8.29. The Morgan fingerprint density at radius 2 is 2.12 bits per heavy atom. The van der Waals surface area contributed by atoms with Crippen LogP contribution < -0.4 is 5.32 Å². The van der Waals surface area contributed by atoms with Gasteiger partial charge in [-0.3, -0.25) is 4.79 Å². The predicted octanol–water partition coefficient (Wildman–Crippen LogP) is 2.12. The molecule has 0 aromatic heterocycles. The molecule has 0 aliphatic heterocycles. The second kappa shape index (κ2) is 8.81. The van der Waals surface area contributed by atoms with Gasteiger partial charge in [0.1, 0.15) is 0 Å².